The van der Waals surface area contributed by atoms with E-state index in [1.807, 2.05) is 0 Å². The lowest BCUT2D eigenvalue weighted by atomic mass is 9.78. The Morgan fingerprint density at radius 3 is 2.64 bits per heavy atom. The molecule has 1 atom stereocenters. The van der Waals surface area contributed by atoms with Crippen LogP contribution in [0.15, 0.2) is 4.99 Å². The Kier molecular flexibility index (Phi) is 7.51. The van der Waals surface area contributed by atoms with Gasteiger partial charge in [0, 0.05) is 39.8 Å². The fourth-order valence-electron chi connectivity index (χ4n) is 3.88. The van der Waals surface area contributed by atoms with Crippen molar-refractivity contribution < 1.29 is 13.2 Å². The first-order chi connectivity index (χ1) is 11.9. The Morgan fingerprint density at radius 2 is 2.00 bits per heavy atom. The van der Waals surface area contributed by atoms with Crippen molar-refractivity contribution in [3.8, 4) is 0 Å². The SMILES string of the molecule is CCCC1(C)CCCN(C(=NC)NCCS(=O)(=O)N2CCOCC2)C1. The number of aliphatic imine (C=N–C) groups is 1. The second-order valence-corrected chi connectivity index (χ2v) is 9.48. The van der Waals surface area contributed by atoms with Crippen LogP contribution in [-0.2, 0) is 14.8 Å². The van der Waals surface area contributed by atoms with Crippen molar-refractivity contribution in [1.29, 1.82) is 0 Å². The number of likely N-dealkylation sites (tertiary alicyclic amines) is 1. The first-order valence-corrected chi connectivity index (χ1v) is 11.0. The molecule has 1 unspecified atom stereocenters. The Bertz CT molecular complexity index is 542. The predicted octanol–water partition coefficient (Wildman–Crippen LogP) is 1.13. The lowest BCUT2D eigenvalue weighted by Gasteiger charge is -2.42. The molecule has 2 aliphatic rings. The first kappa shape index (κ1) is 20.5. The summed E-state index contributed by atoms with van der Waals surface area (Å²) in [6.45, 7) is 8.80. The summed E-state index contributed by atoms with van der Waals surface area (Å²) in [5.41, 5.74) is 0.324. The van der Waals surface area contributed by atoms with Gasteiger partial charge in [0.25, 0.3) is 0 Å². The van der Waals surface area contributed by atoms with Crippen LogP contribution in [0.1, 0.15) is 39.5 Å². The zero-order valence-corrected chi connectivity index (χ0v) is 16.8. The fraction of sp³-hybridized carbons (Fsp3) is 0.941. The van der Waals surface area contributed by atoms with Crippen LogP contribution in [0.3, 0.4) is 0 Å². The van der Waals surface area contributed by atoms with Crippen LogP contribution >= 0.6 is 0 Å². The number of rotatable bonds is 6. The van der Waals surface area contributed by atoms with E-state index in [4.69, 9.17) is 4.74 Å². The normalized spacial score (nSPS) is 26.7. The Balaban J connectivity index is 1.85. The zero-order chi connectivity index (χ0) is 18.3. The number of nitrogens with zero attached hydrogens (tertiary/aromatic N) is 3. The average molecular weight is 375 g/mol. The molecule has 0 aliphatic carbocycles. The highest BCUT2D eigenvalue weighted by molar-refractivity contribution is 7.89. The van der Waals surface area contributed by atoms with Crippen LogP contribution in [0.5, 0.6) is 0 Å². The van der Waals surface area contributed by atoms with Crippen molar-refractivity contribution in [2.45, 2.75) is 39.5 Å². The van der Waals surface area contributed by atoms with Crippen LogP contribution in [0.2, 0.25) is 0 Å². The molecule has 8 heteroatoms. The van der Waals surface area contributed by atoms with Crippen LogP contribution in [0.4, 0.5) is 0 Å². The Morgan fingerprint density at radius 1 is 1.28 bits per heavy atom. The molecule has 0 saturated carbocycles. The van der Waals surface area contributed by atoms with E-state index in [9.17, 15) is 8.42 Å². The zero-order valence-electron chi connectivity index (χ0n) is 16.0. The van der Waals surface area contributed by atoms with Gasteiger partial charge in [-0.05, 0) is 24.7 Å². The van der Waals surface area contributed by atoms with E-state index in [0.29, 0.717) is 38.3 Å². The number of hydrogen-bond donors (Lipinski definition) is 1. The van der Waals surface area contributed by atoms with Crippen LogP contribution in [-0.4, -0.2) is 82.3 Å². The van der Waals surface area contributed by atoms with Crippen LogP contribution < -0.4 is 5.32 Å². The van der Waals surface area contributed by atoms with Gasteiger partial charge in [-0.1, -0.05) is 20.3 Å². The third-order valence-corrected chi connectivity index (χ3v) is 7.02. The molecule has 0 amide bonds. The lowest BCUT2D eigenvalue weighted by molar-refractivity contribution is 0.0730. The van der Waals surface area contributed by atoms with E-state index in [-0.39, 0.29) is 5.75 Å². The van der Waals surface area contributed by atoms with Crippen molar-refractivity contribution in [2.24, 2.45) is 10.4 Å². The van der Waals surface area contributed by atoms with Crippen molar-refractivity contribution >= 4 is 16.0 Å². The van der Waals surface area contributed by atoms with E-state index in [2.05, 4.69) is 29.1 Å². The molecule has 146 valence electrons. The summed E-state index contributed by atoms with van der Waals surface area (Å²) in [6.07, 6.45) is 4.81. The molecule has 25 heavy (non-hydrogen) atoms. The Hall–Kier alpha value is -0.860. The van der Waals surface area contributed by atoms with Crippen molar-refractivity contribution in [1.82, 2.24) is 14.5 Å². The predicted molar refractivity (Wildman–Crippen MR) is 101 cm³/mol. The van der Waals surface area contributed by atoms with Gasteiger partial charge in [-0.15, -0.1) is 0 Å². The van der Waals surface area contributed by atoms with Gasteiger partial charge < -0.3 is 15.0 Å². The highest BCUT2D eigenvalue weighted by Gasteiger charge is 2.31. The minimum absolute atomic E-state index is 0.0894. The smallest absolute Gasteiger partial charge is 0.215 e. The van der Waals surface area contributed by atoms with Gasteiger partial charge in [0.1, 0.15) is 0 Å². The number of piperidine rings is 1. The van der Waals surface area contributed by atoms with Crippen molar-refractivity contribution in [2.75, 3.05) is 58.7 Å². The molecule has 0 aromatic carbocycles. The van der Waals surface area contributed by atoms with Gasteiger partial charge in [-0.25, -0.2) is 8.42 Å². The summed E-state index contributed by atoms with van der Waals surface area (Å²) >= 11 is 0. The number of guanidine groups is 1. The molecule has 0 aromatic rings. The highest BCUT2D eigenvalue weighted by Crippen LogP contribution is 2.33. The van der Waals surface area contributed by atoms with Gasteiger partial charge in [-0.2, -0.15) is 4.31 Å². The lowest BCUT2D eigenvalue weighted by Crippen LogP contribution is -2.51. The number of hydrogen-bond acceptors (Lipinski definition) is 4. The molecule has 2 aliphatic heterocycles. The van der Waals surface area contributed by atoms with Crippen molar-refractivity contribution in [3.63, 3.8) is 0 Å². The Labute approximate surface area is 152 Å². The maximum absolute atomic E-state index is 12.4. The molecule has 1 N–H and O–H groups in total. The highest BCUT2D eigenvalue weighted by atomic mass is 32.2. The molecule has 2 heterocycles. The fourth-order valence-corrected chi connectivity index (χ4v) is 5.21. The minimum atomic E-state index is -3.23. The van der Waals surface area contributed by atoms with E-state index in [1.54, 1.807) is 7.05 Å². The van der Waals surface area contributed by atoms with Gasteiger partial charge >= 0.3 is 0 Å². The standard InChI is InChI=1S/C17H34N4O3S/c1-4-6-17(2)7-5-9-20(15-17)16(18-3)19-8-14-25(22,23)21-10-12-24-13-11-21/h4-15H2,1-3H3,(H,18,19). The van der Waals surface area contributed by atoms with Crippen LogP contribution in [0, 0.1) is 5.41 Å². The van der Waals surface area contributed by atoms with E-state index in [1.165, 1.54) is 23.6 Å². The molecular weight excluding hydrogens is 340 g/mol. The maximum atomic E-state index is 12.4. The van der Waals surface area contributed by atoms with Crippen LogP contribution in [0.25, 0.3) is 0 Å². The minimum Gasteiger partial charge on any atom is -0.379 e. The van der Waals surface area contributed by atoms with Gasteiger partial charge in [-0.3, -0.25) is 4.99 Å². The molecule has 0 spiro atoms. The molecule has 2 saturated heterocycles. The third-order valence-electron chi connectivity index (χ3n) is 5.15. The van der Waals surface area contributed by atoms with E-state index < -0.39 is 10.0 Å². The first-order valence-electron chi connectivity index (χ1n) is 9.41. The number of sulfonamides is 1. The average Bonchev–Trinajstić information content (AvgIpc) is 2.59. The third kappa shape index (κ3) is 5.82. The summed E-state index contributed by atoms with van der Waals surface area (Å²) in [6, 6.07) is 0. The van der Waals surface area contributed by atoms with Gasteiger partial charge in [0.05, 0.1) is 19.0 Å². The van der Waals surface area contributed by atoms with E-state index >= 15 is 0 Å². The summed E-state index contributed by atoms with van der Waals surface area (Å²) in [7, 11) is -1.46. The molecule has 7 nitrogen and oxygen atoms in total. The van der Waals surface area contributed by atoms with Crippen molar-refractivity contribution in [3.05, 3.63) is 0 Å². The maximum Gasteiger partial charge on any atom is 0.215 e. The molecular formula is C17H34N4O3S. The van der Waals surface area contributed by atoms with Gasteiger partial charge in [0.2, 0.25) is 10.0 Å². The molecule has 0 radical (unpaired) electrons. The molecule has 0 aromatic heterocycles. The second-order valence-electron chi connectivity index (χ2n) is 7.39. The summed E-state index contributed by atoms with van der Waals surface area (Å²) in [5.74, 6) is 0.908. The molecule has 0 bridgehead atoms. The summed E-state index contributed by atoms with van der Waals surface area (Å²) in [5, 5.41) is 3.25. The number of nitrogens with one attached hydrogen (secondary N) is 1. The summed E-state index contributed by atoms with van der Waals surface area (Å²) < 4.78 is 31.5. The largest absolute Gasteiger partial charge is 0.379 e. The quantitative estimate of drug-likeness (QED) is 0.557. The van der Waals surface area contributed by atoms with Gasteiger partial charge in [0.15, 0.2) is 5.96 Å². The molecule has 2 fully saturated rings. The second kappa shape index (κ2) is 9.19. The topological polar surface area (TPSA) is 74.2 Å². The van der Waals surface area contributed by atoms with E-state index in [0.717, 1.165) is 25.5 Å². The summed E-state index contributed by atoms with van der Waals surface area (Å²) in [4.78, 5) is 6.65. The monoisotopic (exact) mass is 374 g/mol. The number of ether oxygens (including phenoxy) is 1. The number of morpholine rings is 1. The molecule has 2 rings (SSSR count).